The number of aromatic nitrogens is 1. The lowest BCUT2D eigenvalue weighted by Crippen LogP contribution is -2.41. The van der Waals surface area contributed by atoms with Crippen molar-refractivity contribution in [3.05, 3.63) is 29.6 Å². The van der Waals surface area contributed by atoms with Crippen LogP contribution in [0.15, 0.2) is 23.4 Å². The van der Waals surface area contributed by atoms with Gasteiger partial charge in [-0.2, -0.15) is 5.10 Å². The summed E-state index contributed by atoms with van der Waals surface area (Å²) in [6.45, 7) is 7.32. The van der Waals surface area contributed by atoms with Crippen molar-refractivity contribution in [2.24, 2.45) is 5.10 Å². The highest BCUT2D eigenvalue weighted by atomic mass is 16.2. The standard InChI is InChI=1S/C16H24N4O/c1-12-6-5-8-17-15(12)10-14(3)19(4)16(21)11-20-9-7-13(2)18-20/h5-6,8,14H,7,9-11H2,1-4H3/t14-/m1/s1. The summed E-state index contributed by atoms with van der Waals surface area (Å²) in [4.78, 5) is 18.5. The number of hydrogen-bond donors (Lipinski definition) is 0. The molecule has 1 amide bonds. The molecule has 1 aliphatic rings. The molecule has 0 fully saturated rings. The second-order valence-electron chi connectivity index (χ2n) is 5.80. The molecule has 2 heterocycles. The van der Waals surface area contributed by atoms with E-state index in [2.05, 4.69) is 30.0 Å². The summed E-state index contributed by atoms with van der Waals surface area (Å²) >= 11 is 0. The molecule has 1 atom stereocenters. The van der Waals surface area contributed by atoms with Gasteiger partial charge in [0.15, 0.2) is 0 Å². The van der Waals surface area contributed by atoms with E-state index >= 15 is 0 Å². The summed E-state index contributed by atoms with van der Waals surface area (Å²) in [7, 11) is 1.86. The Morgan fingerprint density at radius 3 is 2.86 bits per heavy atom. The predicted octanol–water partition coefficient (Wildman–Crippen LogP) is 1.86. The van der Waals surface area contributed by atoms with Crippen LogP contribution in [0, 0.1) is 6.92 Å². The average molecular weight is 288 g/mol. The summed E-state index contributed by atoms with van der Waals surface area (Å²) in [5.41, 5.74) is 3.33. The molecule has 0 aliphatic carbocycles. The number of rotatable bonds is 5. The van der Waals surface area contributed by atoms with Crippen LogP contribution >= 0.6 is 0 Å². The molecular formula is C16H24N4O. The van der Waals surface area contributed by atoms with Gasteiger partial charge in [0, 0.05) is 50.1 Å². The summed E-state index contributed by atoms with van der Waals surface area (Å²) in [6.07, 6.45) is 3.54. The van der Waals surface area contributed by atoms with Crippen LogP contribution < -0.4 is 0 Å². The van der Waals surface area contributed by atoms with E-state index in [9.17, 15) is 4.79 Å². The number of amides is 1. The second-order valence-corrected chi connectivity index (χ2v) is 5.80. The van der Waals surface area contributed by atoms with Gasteiger partial charge in [0.25, 0.3) is 0 Å². The molecule has 2 rings (SSSR count). The molecule has 114 valence electrons. The fourth-order valence-corrected chi connectivity index (χ4v) is 2.41. The molecule has 0 N–H and O–H groups in total. The summed E-state index contributed by atoms with van der Waals surface area (Å²) < 4.78 is 0. The number of aryl methyl sites for hydroxylation is 1. The third kappa shape index (κ3) is 4.03. The van der Waals surface area contributed by atoms with Gasteiger partial charge >= 0.3 is 0 Å². The fraction of sp³-hybridized carbons (Fsp3) is 0.562. The Bertz CT molecular complexity index is 541. The molecule has 5 nitrogen and oxygen atoms in total. The maximum absolute atomic E-state index is 12.3. The minimum atomic E-state index is 0.106. The third-order valence-corrected chi connectivity index (χ3v) is 4.02. The van der Waals surface area contributed by atoms with Gasteiger partial charge in [0.05, 0.1) is 0 Å². The fourth-order valence-electron chi connectivity index (χ4n) is 2.41. The van der Waals surface area contributed by atoms with Crippen LogP contribution in [0.4, 0.5) is 0 Å². The van der Waals surface area contributed by atoms with Crippen molar-refractivity contribution in [3.8, 4) is 0 Å². The number of carbonyl (C=O) groups excluding carboxylic acids is 1. The number of hydrazone groups is 1. The first-order valence-corrected chi connectivity index (χ1v) is 7.42. The van der Waals surface area contributed by atoms with E-state index in [1.165, 1.54) is 5.56 Å². The summed E-state index contributed by atoms with van der Waals surface area (Å²) in [5, 5.41) is 6.21. The lowest BCUT2D eigenvalue weighted by molar-refractivity contribution is -0.132. The van der Waals surface area contributed by atoms with Crippen molar-refractivity contribution in [1.29, 1.82) is 0 Å². The first-order chi connectivity index (χ1) is 9.97. The van der Waals surface area contributed by atoms with Crippen molar-refractivity contribution >= 4 is 11.6 Å². The zero-order valence-corrected chi connectivity index (χ0v) is 13.3. The molecule has 0 radical (unpaired) electrons. The van der Waals surface area contributed by atoms with Gasteiger partial charge in [-0.1, -0.05) is 6.07 Å². The van der Waals surface area contributed by atoms with Crippen LogP contribution in [-0.4, -0.2) is 52.7 Å². The van der Waals surface area contributed by atoms with Crippen LogP contribution in [0.2, 0.25) is 0 Å². The highest BCUT2D eigenvalue weighted by Gasteiger charge is 2.21. The van der Waals surface area contributed by atoms with Crippen molar-refractivity contribution in [2.45, 2.75) is 39.7 Å². The van der Waals surface area contributed by atoms with E-state index in [4.69, 9.17) is 0 Å². The average Bonchev–Trinajstić information content (AvgIpc) is 2.85. The molecule has 0 saturated heterocycles. The quantitative estimate of drug-likeness (QED) is 0.831. The number of likely N-dealkylation sites (N-methyl/N-ethyl adjacent to an activating group) is 1. The smallest absolute Gasteiger partial charge is 0.243 e. The molecule has 0 saturated carbocycles. The first kappa shape index (κ1) is 15.5. The number of carbonyl (C=O) groups is 1. The van der Waals surface area contributed by atoms with E-state index in [1.807, 2.05) is 25.0 Å². The maximum atomic E-state index is 12.3. The van der Waals surface area contributed by atoms with Gasteiger partial charge in [-0.15, -0.1) is 0 Å². The molecular weight excluding hydrogens is 264 g/mol. The molecule has 21 heavy (non-hydrogen) atoms. The largest absolute Gasteiger partial charge is 0.341 e. The molecule has 0 unspecified atom stereocenters. The minimum Gasteiger partial charge on any atom is -0.341 e. The summed E-state index contributed by atoms with van der Waals surface area (Å²) in [6, 6.07) is 4.11. The molecule has 0 aromatic carbocycles. The minimum absolute atomic E-state index is 0.106. The Hall–Kier alpha value is -1.91. The van der Waals surface area contributed by atoms with E-state index < -0.39 is 0 Å². The van der Waals surface area contributed by atoms with Gasteiger partial charge < -0.3 is 4.90 Å². The monoisotopic (exact) mass is 288 g/mol. The Balaban J connectivity index is 1.91. The number of hydrogen-bond acceptors (Lipinski definition) is 4. The topological polar surface area (TPSA) is 48.8 Å². The summed E-state index contributed by atoms with van der Waals surface area (Å²) in [5.74, 6) is 0.106. The Labute approximate surface area is 126 Å². The van der Waals surface area contributed by atoms with Gasteiger partial charge in [0.1, 0.15) is 6.54 Å². The van der Waals surface area contributed by atoms with Crippen LogP contribution in [0.25, 0.3) is 0 Å². The second kappa shape index (κ2) is 6.70. The molecule has 0 bridgehead atoms. The zero-order chi connectivity index (χ0) is 15.4. The van der Waals surface area contributed by atoms with Crippen molar-refractivity contribution in [1.82, 2.24) is 14.9 Å². The van der Waals surface area contributed by atoms with Crippen LogP contribution in [-0.2, 0) is 11.2 Å². The lowest BCUT2D eigenvalue weighted by Gasteiger charge is -2.27. The zero-order valence-electron chi connectivity index (χ0n) is 13.3. The molecule has 1 aromatic rings. The maximum Gasteiger partial charge on any atom is 0.243 e. The molecule has 1 aromatic heterocycles. The normalized spacial score (nSPS) is 15.8. The highest BCUT2D eigenvalue weighted by molar-refractivity contribution is 5.84. The van der Waals surface area contributed by atoms with Gasteiger partial charge in [0.2, 0.25) is 5.91 Å². The Kier molecular flexibility index (Phi) is 4.94. The van der Waals surface area contributed by atoms with Crippen LogP contribution in [0.5, 0.6) is 0 Å². The molecule has 0 spiro atoms. The van der Waals surface area contributed by atoms with Crippen molar-refractivity contribution in [3.63, 3.8) is 0 Å². The van der Waals surface area contributed by atoms with Crippen molar-refractivity contribution < 1.29 is 4.79 Å². The Morgan fingerprint density at radius 2 is 2.24 bits per heavy atom. The van der Waals surface area contributed by atoms with Gasteiger partial charge in [-0.05, 0) is 32.4 Å². The molecule has 5 heteroatoms. The van der Waals surface area contributed by atoms with Gasteiger partial charge in [-0.25, -0.2) is 0 Å². The van der Waals surface area contributed by atoms with E-state index in [1.54, 1.807) is 11.1 Å². The van der Waals surface area contributed by atoms with E-state index in [0.717, 1.165) is 30.8 Å². The molecule has 1 aliphatic heterocycles. The SMILES string of the molecule is CC1=NN(CC(=O)N(C)[C@H](C)Cc2ncccc2C)CC1. The lowest BCUT2D eigenvalue weighted by atomic mass is 10.1. The van der Waals surface area contributed by atoms with Gasteiger partial charge in [-0.3, -0.25) is 14.8 Å². The number of nitrogens with zero attached hydrogens (tertiary/aromatic N) is 4. The first-order valence-electron chi connectivity index (χ1n) is 7.42. The third-order valence-electron chi connectivity index (χ3n) is 4.02. The van der Waals surface area contributed by atoms with Crippen molar-refractivity contribution in [2.75, 3.05) is 20.1 Å². The van der Waals surface area contributed by atoms with Crippen LogP contribution in [0.3, 0.4) is 0 Å². The van der Waals surface area contributed by atoms with E-state index in [0.29, 0.717) is 6.54 Å². The number of pyridine rings is 1. The van der Waals surface area contributed by atoms with Crippen LogP contribution in [0.1, 0.15) is 31.5 Å². The predicted molar refractivity (Wildman–Crippen MR) is 84.2 cm³/mol. The van der Waals surface area contributed by atoms with E-state index in [-0.39, 0.29) is 11.9 Å². The highest BCUT2D eigenvalue weighted by Crippen LogP contribution is 2.11. The Morgan fingerprint density at radius 1 is 1.48 bits per heavy atom.